The molecule has 28 heavy (non-hydrogen) atoms. The Labute approximate surface area is 165 Å². The largest absolute Gasteiger partial charge is 0.494 e. The SMILES string of the molecule is CCOc1ccc(S(=O)(=O)/N=C(/Nc2cccc(C)c2)c2ccccc2)cc1. The van der Waals surface area contributed by atoms with Crippen molar-refractivity contribution in [1.82, 2.24) is 0 Å². The molecule has 3 rings (SSSR count). The minimum Gasteiger partial charge on any atom is -0.494 e. The van der Waals surface area contributed by atoms with Gasteiger partial charge in [-0.1, -0.05) is 42.5 Å². The van der Waals surface area contributed by atoms with Crippen molar-refractivity contribution in [3.63, 3.8) is 0 Å². The second-order valence-electron chi connectivity index (χ2n) is 6.18. The molecule has 1 N–H and O–H groups in total. The van der Waals surface area contributed by atoms with Crippen LogP contribution in [0.1, 0.15) is 18.1 Å². The van der Waals surface area contributed by atoms with Crippen LogP contribution in [-0.4, -0.2) is 20.9 Å². The summed E-state index contributed by atoms with van der Waals surface area (Å²) in [6, 6.07) is 23.1. The molecule has 6 heteroatoms. The molecular weight excluding hydrogens is 372 g/mol. The van der Waals surface area contributed by atoms with Gasteiger partial charge in [0.2, 0.25) is 0 Å². The van der Waals surface area contributed by atoms with Crippen LogP contribution in [0, 0.1) is 6.92 Å². The summed E-state index contributed by atoms with van der Waals surface area (Å²) in [4.78, 5) is 0.107. The molecule has 0 fully saturated rings. The van der Waals surface area contributed by atoms with Crippen molar-refractivity contribution in [3.8, 4) is 5.75 Å². The van der Waals surface area contributed by atoms with Crippen LogP contribution in [0.5, 0.6) is 5.75 Å². The Morgan fingerprint density at radius 1 is 0.964 bits per heavy atom. The molecule has 0 amide bonds. The van der Waals surface area contributed by atoms with Crippen LogP contribution in [0.25, 0.3) is 0 Å². The van der Waals surface area contributed by atoms with Gasteiger partial charge in [-0.2, -0.15) is 8.42 Å². The van der Waals surface area contributed by atoms with Gasteiger partial charge in [0.25, 0.3) is 10.0 Å². The molecule has 0 atom stereocenters. The summed E-state index contributed by atoms with van der Waals surface area (Å²) in [5.74, 6) is 0.881. The molecule has 144 valence electrons. The lowest BCUT2D eigenvalue weighted by Crippen LogP contribution is -2.16. The highest BCUT2D eigenvalue weighted by atomic mass is 32.2. The molecule has 0 radical (unpaired) electrons. The second-order valence-corrected chi connectivity index (χ2v) is 7.78. The smallest absolute Gasteiger partial charge is 0.284 e. The predicted octanol–water partition coefficient (Wildman–Crippen LogP) is 4.64. The Balaban J connectivity index is 1.99. The first kappa shape index (κ1) is 19.6. The maximum absolute atomic E-state index is 12.9. The van der Waals surface area contributed by atoms with Gasteiger partial charge in [-0.25, -0.2) is 0 Å². The highest BCUT2D eigenvalue weighted by Crippen LogP contribution is 2.20. The number of hydrogen-bond acceptors (Lipinski definition) is 3. The standard InChI is InChI=1S/C22H22N2O3S/c1-3-27-20-12-14-21(15-13-20)28(25,26)24-22(18-9-5-4-6-10-18)23-19-11-7-8-17(2)16-19/h4-16H,3H2,1-2H3,(H,23,24). The number of nitrogens with zero attached hydrogens (tertiary/aromatic N) is 1. The highest BCUT2D eigenvalue weighted by Gasteiger charge is 2.16. The normalized spacial score (nSPS) is 11.9. The molecular formula is C22H22N2O3S. The van der Waals surface area contributed by atoms with Crippen LogP contribution < -0.4 is 10.1 Å². The molecule has 0 bridgehead atoms. The van der Waals surface area contributed by atoms with Gasteiger partial charge < -0.3 is 10.1 Å². The first-order valence-corrected chi connectivity index (χ1v) is 10.4. The van der Waals surface area contributed by atoms with E-state index in [4.69, 9.17) is 4.74 Å². The van der Waals surface area contributed by atoms with E-state index in [2.05, 4.69) is 9.71 Å². The van der Waals surface area contributed by atoms with E-state index < -0.39 is 10.0 Å². The number of nitrogens with one attached hydrogen (secondary N) is 1. The maximum atomic E-state index is 12.9. The van der Waals surface area contributed by atoms with Crippen molar-refractivity contribution in [2.24, 2.45) is 4.40 Å². The van der Waals surface area contributed by atoms with Gasteiger partial charge in [0.15, 0.2) is 5.84 Å². The zero-order chi connectivity index (χ0) is 20.0. The summed E-state index contributed by atoms with van der Waals surface area (Å²) >= 11 is 0. The molecule has 3 aromatic rings. The molecule has 0 saturated carbocycles. The Hall–Kier alpha value is -3.12. The molecule has 5 nitrogen and oxygen atoms in total. The molecule has 0 heterocycles. The topological polar surface area (TPSA) is 67.8 Å². The van der Waals surface area contributed by atoms with Crippen LogP contribution in [-0.2, 0) is 10.0 Å². The monoisotopic (exact) mass is 394 g/mol. The number of amidine groups is 1. The van der Waals surface area contributed by atoms with Gasteiger partial charge in [0.05, 0.1) is 11.5 Å². The molecule has 0 aromatic heterocycles. The van der Waals surface area contributed by atoms with Gasteiger partial charge in [0.1, 0.15) is 5.75 Å². The number of ether oxygens (including phenoxy) is 1. The molecule has 0 spiro atoms. The Morgan fingerprint density at radius 3 is 2.32 bits per heavy atom. The van der Waals surface area contributed by atoms with Crippen LogP contribution in [0.15, 0.2) is 88.2 Å². The van der Waals surface area contributed by atoms with Crippen LogP contribution in [0.3, 0.4) is 0 Å². The summed E-state index contributed by atoms with van der Waals surface area (Å²) in [5.41, 5.74) is 2.51. The predicted molar refractivity (Wildman–Crippen MR) is 113 cm³/mol. The van der Waals surface area contributed by atoms with Crippen molar-refractivity contribution >= 4 is 21.5 Å². The number of aryl methyl sites for hydroxylation is 1. The third-order valence-corrected chi connectivity index (χ3v) is 5.26. The number of anilines is 1. The minimum absolute atomic E-state index is 0.107. The summed E-state index contributed by atoms with van der Waals surface area (Å²) in [6.45, 7) is 4.36. The molecule has 0 aliphatic rings. The van der Waals surface area contributed by atoms with Crippen LogP contribution in [0.4, 0.5) is 5.69 Å². The number of sulfonamides is 1. The molecule has 0 unspecified atom stereocenters. The average Bonchev–Trinajstić information content (AvgIpc) is 2.69. The fourth-order valence-corrected chi connectivity index (χ4v) is 3.63. The zero-order valence-corrected chi connectivity index (χ0v) is 16.6. The summed E-state index contributed by atoms with van der Waals surface area (Å²) < 4.78 is 35.2. The first-order chi connectivity index (χ1) is 13.5. The summed E-state index contributed by atoms with van der Waals surface area (Å²) in [6.07, 6.45) is 0. The van der Waals surface area contributed by atoms with Gasteiger partial charge in [-0.3, -0.25) is 0 Å². The van der Waals surface area contributed by atoms with Gasteiger partial charge in [0, 0.05) is 11.3 Å². The van der Waals surface area contributed by atoms with E-state index in [9.17, 15) is 8.42 Å². The van der Waals surface area contributed by atoms with Crippen molar-refractivity contribution in [1.29, 1.82) is 0 Å². The van der Waals surface area contributed by atoms with E-state index in [1.165, 1.54) is 12.1 Å². The van der Waals surface area contributed by atoms with Gasteiger partial charge in [-0.05, 0) is 55.8 Å². The van der Waals surface area contributed by atoms with Gasteiger partial charge >= 0.3 is 0 Å². The van der Waals surface area contributed by atoms with Gasteiger partial charge in [-0.15, -0.1) is 4.40 Å². The van der Waals surface area contributed by atoms with E-state index in [-0.39, 0.29) is 10.7 Å². The Morgan fingerprint density at radius 2 is 1.68 bits per heavy atom. The molecule has 0 aliphatic carbocycles. The molecule has 3 aromatic carbocycles. The van der Waals surface area contributed by atoms with E-state index in [0.717, 1.165) is 11.3 Å². The second kappa shape index (κ2) is 8.71. The zero-order valence-electron chi connectivity index (χ0n) is 15.8. The Bertz CT molecular complexity index is 1060. The lowest BCUT2D eigenvalue weighted by Gasteiger charge is -2.11. The number of rotatable bonds is 6. The van der Waals surface area contributed by atoms with Crippen LogP contribution >= 0.6 is 0 Å². The van der Waals surface area contributed by atoms with Crippen molar-refractivity contribution in [2.75, 3.05) is 11.9 Å². The fourth-order valence-electron chi connectivity index (χ4n) is 2.65. The summed E-state index contributed by atoms with van der Waals surface area (Å²) in [5, 5.41) is 3.14. The van der Waals surface area contributed by atoms with Crippen molar-refractivity contribution in [2.45, 2.75) is 18.7 Å². The summed E-state index contributed by atoms with van der Waals surface area (Å²) in [7, 11) is -3.90. The maximum Gasteiger partial charge on any atom is 0.284 e. The van der Waals surface area contributed by atoms with Crippen molar-refractivity contribution < 1.29 is 13.2 Å². The molecule has 0 aliphatic heterocycles. The third kappa shape index (κ3) is 4.98. The number of hydrogen-bond donors (Lipinski definition) is 1. The van der Waals surface area contributed by atoms with E-state index >= 15 is 0 Å². The third-order valence-electron chi connectivity index (χ3n) is 3.97. The average molecular weight is 394 g/mol. The van der Waals surface area contributed by atoms with E-state index in [1.54, 1.807) is 12.1 Å². The van der Waals surface area contributed by atoms with Crippen LogP contribution in [0.2, 0.25) is 0 Å². The first-order valence-electron chi connectivity index (χ1n) is 8.95. The van der Waals surface area contributed by atoms with Crippen molar-refractivity contribution in [3.05, 3.63) is 90.0 Å². The van der Waals surface area contributed by atoms with E-state index in [0.29, 0.717) is 17.9 Å². The minimum atomic E-state index is -3.90. The quantitative estimate of drug-likeness (QED) is 0.488. The van der Waals surface area contributed by atoms with E-state index in [1.807, 2.05) is 68.4 Å². The lowest BCUT2D eigenvalue weighted by atomic mass is 10.2. The Kier molecular flexibility index (Phi) is 6.11. The molecule has 0 saturated heterocycles. The highest BCUT2D eigenvalue weighted by molar-refractivity contribution is 7.90. The number of benzene rings is 3. The lowest BCUT2D eigenvalue weighted by molar-refractivity contribution is 0.340. The fraction of sp³-hybridized carbons (Fsp3) is 0.136.